The summed E-state index contributed by atoms with van der Waals surface area (Å²) in [4.78, 5) is 20.4. The van der Waals surface area contributed by atoms with Gasteiger partial charge in [-0.3, -0.25) is 4.79 Å². The second kappa shape index (κ2) is 8.66. The Labute approximate surface area is 175 Å². The lowest BCUT2D eigenvalue weighted by Crippen LogP contribution is -2.17. The zero-order valence-corrected chi connectivity index (χ0v) is 17.2. The molecule has 30 heavy (non-hydrogen) atoms. The molecule has 1 aromatic heterocycles. The number of amides is 1. The fraction of sp³-hybridized carbons (Fsp3) is 0.190. The molecule has 9 heteroatoms. The number of halogens is 3. The summed E-state index contributed by atoms with van der Waals surface area (Å²) < 4.78 is 39.6. The monoisotopic (exact) mass is 433 g/mol. The Balaban J connectivity index is 1.92. The largest absolute Gasteiger partial charge is 0.435 e. The number of thiazole rings is 1. The molecule has 5 nitrogen and oxygen atoms in total. The number of benzene rings is 2. The van der Waals surface area contributed by atoms with Crippen LogP contribution in [0, 0.1) is 6.92 Å². The third-order valence-corrected chi connectivity index (χ3v) is 5.20. The molecule has 3 rings (SSSR count). The Morgan fingerprint density at radius 1 is 1.13 bits per heavy atom. The Morgan fingerprint density at radius 2 is 1.80 bits per heavy atom. The van der Waals surface area contributed by atoms with E-state index in [1.807, 2.05) is 31.2 Å². The summed E-state index contributed by atoms with van der Waals surface area (Å²) in [5.74, 6) is -0.847. The van der Waals surface area contributed by atoms with E-state index in [-0.39, 0.29) is 5.01 Å². The van der Waals surface area contributed by atoms with E-state index in [0.29, 0.717) is 28.3 Å². The van der Waals surface area contributed by atoms with Crippen molar-refractivity contribution in [2.24, 2.45) is 5.16 Å². The number of anilines is 1. The van der Waals surface area contributed by atoms with Gasteiger partial charge < -0.3 is 10.2 Å². The number of carbonyl (C=O) groups is 1. The molecule has 0 saturated carbocycles. The van der Waals surface area contributed by atoms with Crippen molar-refractivity contribution in [2.75, 3.05) is 12.4 Å². The van der Waals surface area contributed by atoms with Gasteiger partial charge in [-0.2, -0.15) is 13.2 Å². The summed E-state index contributed by atoms with van der Waals surface area (Å²) in [6, 6.07) is 14.3. The predicted octanol–water partition coefficient (Wildman–Crippen LogP) is 5.76. The average Bonchev–Trinajstić information content (AvgIpc) is 3.11. The summed E-state index contributed by atoms with van der Waals surface area (Å²) in [5, 5.41) is 6.65. The molecule has 3 aromatic rings. The molecular formula is C21H18F3N3O2S. The second-order valence-corrected chi connectivity index (χ2v) is 7.55. The van der Waals surface area contributed by atoms with Gasteiger partial charge in [-0.15, -0.1) is 11.3 Å². The third-order valence-electron chi connectivity index (χ3n) is 4.23. The highest BCUT2D eigenvalue weighted by Gasteiger charge is 2.39. The van der Waals surface area contributed by atoms with E-state index in [4.69, 9.17) is 4.84 Å². The van der Waals surface area contributed by atoms with Gasteiger partial charge in [0.2, 0.25) is 0 Å². The lowest BCUT2D eigenvalue weighted by atomic mass is 10.0. The number of hydrogen-bond donors (Lipinski definition) is 1. The summed E-state index contributed by atoms with van der Waals surface area (Å²) in [5.41, 5.74) is 2.25. The van der Waals surface area contributed by atoms with Crippen LogP contribution in [0.5, 0.6) is 0 Å². The Bertz CT molecular complexity index is 1090. The molecule has 0 aliphatic heterocycles. The summed E-state index contributed by atoms with van der Waals surface area (Å²) in [6.07, 6.45) is -4.70. The molecule has 156 valence electrons. The van der Waals surface area contributed by atoms with Crippen molar-refractivity contribution in [2.45, 2.75) is 20.0 Å². The number of alkyl halides is 3. The van der Waals surface area contributed by atoms with Crippen molar-refractivity contribution in [1.29, 1.82) is 0 Å². The number of hydrogen-bond acceptors (Lipinski definition) is 5. The van der Waals surface area contributed by atoms with E-state index in [2.05, 4.69) is 15.5 Å². The molecule has 0 fully saturated rings. The SMILES string of the molecule is CON=C(C)c1ccc(-c2ccccc2NC(=O)c2sc(C)nc2C(F)(F)F)cc1. The van der Waals surface area contributed by atoms with Gasteiger partial charge in [0, 0.05) is 11.3 Å². The minimum Gasteiger partial charge on any atom is -0.399 e. The van der Waals surface area contributed by atoms with Gasteiger partial charge in [-0.05, 0) is 31.0 Å². The van der Waals surface area contributed by atoms with Crippen LogP contribution in [-0.2, 0) is 11.0 Å². The minimum absolute atomic E-state index is 0.171. The maximum absolute atomic E-state index is 13.2. The molecule has 0 saturated heterocycles. The first kappa shape index (κ1) is 21.5. The first-order valence-corrected chi connectivity index (χ1v) is 9.66. The Morgan fingerprint density at radius 3 is 2.43 bits per heavy atom. The third kappa shape index (κ3) is 4.68. The predicted molar refractivity (Wildman–Crippen MR) is 111 cm³/mol. The molecule has 2 aromatic carbocycles. The molecule has 0 aliphatic carbocycles. The van der Waals surface area contributed by atoms with Gasteiger partial charge in [-0.25, -0.2) is 4.98 Å². The number of rotatable bonds is 5. The number of aryl methyl sites for hydroxylation is 1. The van der Waals surface area contributed by atoms with Crippen LogP contribution < -0.4 is 5.32 Å². The number of carbonyl (C=O) groups excluding carboxylic acids is 1. The highest BCUT2D eigenvalue weighted by Crippen LogP contribution is 2.35. The van der Waals surface area contributed by atoms with E-state index in [1.54, 1.807) is 24.3 Å². The smallest absolute Gasteiger partial charge is 0.399 e. The number of nitrogens with one attached hydrogen (secondary N) is 1. The minimum atomic E-state index is -4.70. The van der Waals surface area contributed by atoms with Crippen LogP contribution in [0.1, 0.15) is 32.9 Å². The highest BCUT2D eigenvalue weighted by molar-refractivity contribution is 7.13. The van der Waals surface area contributed by atoms with Gasteiger partial charge in [0.25, 0.3) is 5.91 Å². The number of para-hydroxylation sites is 1. The first-order chi connectivity index (χ1) is 14.2. The zero-order chi connectivity index (χ0) is 21.9. The van der Waals surface area contributed by atoms with E-state index >= 15 is 0 Å². The van der Waals surface area contributed by atoms with Crippen LogP contribution in [0.4, 0.5) is 18.9 Å². The van der Waals surface area contributed by atoms with E-state index in [9.17, 15) is 18.0 Å². The van der Waals surface area contributed by atoms with E-state index in [0.717, 1.165) is 11.1 Å². The van der Waals surface area contributed by atoms with Gasteiger partial charge in [0.05, 0.1) is 10.7 Å². The van der Waals surface area contributed by atoms with Crippen molar-refractivity contribution in [3.8, 4) is 11.1 Å². The standard InChI is InChI=1S/C21H18F3N3O2S/c1-12(27-29-3)14-8-10-15(11-9-14)16-6-4-5-7-17(16)26-20(28)18-19(21(22,23)24)25-13(2)30-18/h4-11H,1-3H3,(H,26,28). The topological polar surface area (TPSA) is 63.6 Å². The maximum atomic E-state index is 13.2. The molecular weight excluding hydrogens is 415 g/mol. The highest BCUT2D eigenvalue weighted by atomic mass is 32.1. The van der Waals surface area contributed by atoms with E-state index < -0.39 is 22.7 Å². The molecule has 0 aliphatic rings. The van der Waals surface area contributed by atoms with Crippen molar-refractivity contribution in [3.05, 3.63) is 69.7 Å². The molecule has 0 radical (unpaired) electrons. The summed E-state index contributed by atoms with van der Waals surface area (Å²) in [7, 11) is 1.46. The van der Waals surface area contributed by atoms with Crippen molar-refractivity contribution in [1.82, 2.24) is 4.98 Å². The molecule has 0 unspecified atom stereocenters. The van der Waals surface area contributed by atoms with Crippen LogP contribution >= 0.6 is 11.3 Å². The Hall–Kier alpha value is -3.20. The first-order valence-electron chi connectivity index (χ1n) is 8.84. The number of nitrogens with zero attached hydrogens (tertiary/aromatic N) is 2. The maximum Gasteiger partial charge on any atom is 0.435 e. The normalized spacial score (nSPS) is 12.0. The zero-order valence-electron chi connectivity index (χ0n) is 16.4. The van der Waals surface area contributed by atoms with Gasteiger partial charge >= 0.3 is 6.18 Å². The van der Waals surface area contributed by atoms with Crippen LogP contribution in [-0.4, -0.2) is 23.7 Å². The lowest BCUT2D eigenvalue weighted by Gasteiger charge is -2.12. The van der Waals surface area contributed by atoms with Gasteiger partial charge in [-0.1, -0.05) is 47.6 Å². The molecule has 0 spiro atoms. The van der Waals surface area contributed by atoms with Gasteiger partial charge in [0.1, 0.15) is 12.0 Å². The van der Waals surface area contributed by atoms with Crippen LogP contribution in [0.3, 0.4) is 0 Å². The fourth-order valence-corrected chi connectivity index (χ4v) is 3.71. The van der Waals surface area contributed by atoms with Gasteiger partial charge in [0.15, 0.2) is 5.69 Å². The average molecular weight is 433 g/mol. The molecule has 1 heterocycles. The van der Waals surface area contributed by atoms with Crippen molar-refractivity contribution >= 4 is 28.6 Å². The number of aromatic nitrogens is 1. The van der Waals surface area contributed by atoms with Crippen LogP contribution in [0.25, 0.3) is 11.1 Å². The van der Waals surface area contributed by atoms with Crippen LogP contribution in [0.2, 0.25) is 0 Å². The Kier molecular flexibility index (Phi) is 6.21. The summed E-state index contributed by atoms with van der Waals surface area (Å²) >= 11 is 0.712. The van der Waals surface area contributed by atoms with Crippen molar-refractivity contribution < 1.29 is 22.8 Å². The lowest BCUT2D eigenvalue weighted by molar-refractivity contribution is -0.141. The van der Waals surface area contributed by atoms with E-state index in [1.165, 1.54) is 14.0 Å². The number of oxime groups is 1. The quantitative estimate of drug-likeness (QED) is 0.411. The fourth-order valence-electron chi connectivity index (χ4n) is 2.88. The molecule has 0 atom stereocenters. The second-order valence-electron chi connectivity index (χ2n) is 6.34. The van der Waals surface area contributed by atoms with Crippen molar-refractivity contribution in [3.63, 3.8) is 0 Å². The molecule has 1 amide bonds. The van der Waals surface area contributed by atoms with Crippen LogP contribution in [0.15, 0.2) is 53.7 Å². The molecule has 1 N–H and O–H groups in total. The summed E-state index contributed by atoms with van der Waals surface area (Å²) in [6.45, 7) is 3.24. The molecule has 0 bridgehead atoms.